The molecule has 1 amide bonds. The minimum atomic E-state index is -3.62. The fourth-order valence-electron chi connectivity index (χ4n) is 4.01. The van der Waals surface area contributed by atoms with Crippen molar-refractivity contribution >= 4 is 37.5 Å². The Bertz CT molecular complexity index is 1360. The lowest BCUT2D eigenvalue weighted by atomic mass is 10.1. The van der Waals surface area contributed by atoms with E-state index in [9.17, 15) is 13.2 Å². The van der Waals surface area contributed by atoms with Crippen LogP contribution in [0.3, 0.4) is 0 Å². The summed E-state index contributed by atoms with van der Waals surface area (Å²) in [7, 11) is -3.62. The van der Waals surface area contributed by atoms with Crippen LogP contribution in [-0.2, 0) is 21.3 Å². The van der Waals surface area contributed by atoms with Crippen molar-refractivity contribution in [3.8, 4) is 0 Å². The Kier molecular flexibility index (Phi) is 10.6. The number of carbonyl (C=O) groups is 1. The quantitative estimate of drug-likeness (QED) is 0.259. The van der Waals surface area contributed by atoms with Crippen molar-refractivity contribution in [3.05, 3.63) is 57.9 Å². The summed E-state index contributed by atoms with van der Waals surface area (Å²) in [5.41, 5.74) is 3.75. The first-order valence-corrected chi connectivity index (χ1v) is 15.4. The molecule has 1 aromatic heterocycles. The van der Waals surface area contributed by atoms with Crippen LogP contribution in [0.1, 0.15) is 67.9 Å². The topological polar surface area (TPSA) is 81.0 Å². The molecule has 0 spiro atoms. The third-order valence-corrected chi connectivity index (χ3v) is 9.37. The van der Waals surface area contributed by atoms with Crippen molar-refractivity contribution in [2.45, 2.75) is 71.7 Å². The van der Waals surface area contributed by atoms with E-state index in [0.717, 1.165) is 35.9 Å². The van der Waals surface area contributed by atoms with Crippen LogP contribution in [-0.4, -0.2) is 49.5 Å². The first-order chi connectivity index (χ1) is 17.7. The van der Waals surface area contributed by atoms with E-state index in [4.69, 9.17) is 4.74 Å². The average Bonchev–Trinajstić information content (AvgIpc) is 3.19. The monoisotopic (exact) mass is 545 g/mol. The van der Waals surface area contributed by atoms with Crippen molar-refractivity contribution in [1.29, 1.82) is 0 Å². The minimum absolute atomic E-state index is 0.204. The van der Waals surface area contributed by atoms with Crippen molar-refractivity contribution in [3.63, 3.8) is 0 Å². The predicted octanol–water partition coefficient (Wildman–Crippen LogP) is 5.69. The maximum Gasteiger partial charge on any atom is 0.279 e. The molecule has 0 unspecified atom stereocenters. The van der Waals surface area contributed by atoms with Gasteiger partial charge in [-0.15, -0.1) is 0 Å². The van der Waals surface area contributed by atoms with Crippen LogP contribution in [0, 0.1) is 13.8 Å². The molecule has 0 N–H and O–H groups in total. The van der Waals surface area contributed by atoms with Gasteiger partial charge in [-0.2, -0.15) is 9.30 Å². The first kappa shape index (κ1) is 29.2. The number of nitrogens with zero attached hydrogens (tertiary/aromatic N) is 3. The van der Waals surface area contributed by atoms with Gasteiger partial charge >= 0.3 is 0 Å². The highest BCUT2D eigenvalue weighted by atomic mass is 32.2. The second-order valence-electron chi connectivity index (χ2n) is 9.19. The van der Waals surface area contributed by atoms with Crippen LogP contribution in [0.25, 0.3) is 10.2 Å². The number of hydrogen-bond donors (Lipinski definition) is 0. The van der Waals surface area contributed by atoms with E-state index >= 15 is 0 Å². The number of aromatic nitrogens is 1. The zero-order valence-corrected chi connectivity index (χ0v) is 24.3. The Morgan fingerprint density at radius 2 is 1.62 bits per heavy atom. The second-order valence-corrected chi connectivity index (χ2v) is 12.1. The third-order valence-electron chi connectivity index (χ3n) is 6.42. The van der Waals surface area contributed by atoms with Gasteiger partial charge in [0.2, 0.25) is 10.0 Å². The van der Waals surface area contributed by atoms with Gasteiger partial charge in [-0.25, -0.2) is 8.42 Å². The average molecular weight is 546 g/mol. The summed E-state index contributed by atoms with van der Waals surface area (Å²) in [6.07, 6.45) is 3.48. The Morgan fingerprint density at radius 1 is 1.00 bits per heavy atom. The molecule has 0 bridgehead atoms. The highest BCUT2D eigenvalue weighted by Crippen LogP contribution is 2.23. The summed E-state index contributed by atoms with van der Waals surface area (Å²) in [6.45, 7) is 12.9. The van der Waals surface area contributed by atoms with Crippen molar-refractivity contribution in [2.75, 3.05) is 26.3 Å². The molecule has 202 valence electrons. The number of hydrogen-bond acceptors (Lipinski definition) is 5. The Balaban J connectivity index is 1.93. The first-order valence-electron chi connectivity index (χ1n) is 13.1. The highest BCUT2D eigenvalue weighted by molar-refractivity contribution is 7.89. The zero-order chi connectivity index (χ0) is 27.0. The van der Waals surface area contributed by atoms with Gasteiger partial charge in [0.25, 0.3) is 5.91 Å². The molecule has 2 aromatic carbocycles. The number of benzene rings is 2. The summed E-state index contributed by atoms with van der Waals surface area (Å²) < 4.78 is 36.7. The van der Waals surface area contributed by atoms with Crippen LogP contribution in [0.5, 0.6) is 0 Å². The van der Waals surface area contributed by atoms with E-state index in [1.807, 2.05) is 25.3 Å². The zero-order valence-electron chi connectivity index (χ0n) is 22.6. The Labute approximate surface area is 224 Å². The number of ether oxygens (including phenoxy) is 1. The number of sulfonamides is 1. The van der Waals surface area contributed by atoms with Crippen LogP contribution in [0.2, 0.25) is 0 Å². The SMILES string of the molecule is CCCCN(CCCC)S(=O)(=O)c1ccc(C(=O)N=c2sc3cc(C)c(C)cc3n2CCOCC)cc1. The lowest BCUT2D eigenvalue weighted by Gasteiger charge is -2.22. The molecule has 0 aliphatic carbocycles. The van der Waals surface area contributed by atoms with E-state index in [0.29, 0.717) is 43.2 Å². The van der Waals surface area contributed by atoms with E-state index in [-0.39, 0.29) is 4.90 Å². The molecule has 1 heterocycles. The number of aryl methyl sites for hydroxylation is 2. The number of carbonyl (C=O) groups excluding carboxylic acids is 1. The molecule has 0 atom stereocenters. The molecule has 3 rings (SSSR count). The van der Waals surface area contributed by atoms with Gasteiger partial charge in [0.15, 0.2) is 4.80 Å². The van der Waals surface area contributed by atoms with Crippen molar-refractivity contribution in [2.24, 2.45) is 4.99 Å². The van der Waals surface area contributed by atoms with Gasteiger partial charge < -0.3 is 9.30 Å². The standard InChI is InChI=1S/C28H39N3O4S2/c1-6-9-15-30(16-10-7-2)37(33,34)24-13-11-23(12-14-24)27(32)29-28-31(17-18-35-8-3)25-19-21(4)22(5)20-26(25)36-28/h11-14,19-20H,6-10,15-18H2,1-5H3. The van der Waals surface area contributed by atoms with Crippen LogP contribution < -0.4 is 4.80 Å². The van der Waals surface area contributed by atoms with Crippen molar-refractivity contribution in [1.82, 2.24) is 8.87 Å². The summed E-state index contributed by atoms with van der Waals surface area (Å²) in [5, 5.41) is 0. The summed E-state index contributed by atoms with van der Waals surface area (Å²) in [4.78, 5) is 18.4. The smallest absolute Gasteiger partial charge is 0.279 e. The molecule has 7 nitrogen and oxygen atoms in total. The van der Waals surface area contributed by atoms with E-state index in [2.05, 4.69) is 31.0 Å². The van der Waals surface area contributed by atoms with Gasteiger partial charge in [-0.1, -0.05) is 38.0 Å². The normalized spacial score (nSPS) is 12.6. The Morgan fingerprint density at radius 3 is 2.22 bits per heavy atom. The molecule has 37 heavy (non-hydrogen) atoms. The minimum Gasteiger partial charge on any atom is -0.380 e. The number of fused-ring (bicyclic) bond motifs is 1. The largest absolute Gasteiger partial charge is 0.380 e. The number of rotatable bonds is 13. The molecule has 0 saturated heterocycles. The van der Waals surface area contributed by atoms with Gasteiger partial charge in [-0.3, -0.25) is 4.79 Å². The van der Waals surface area contributed by atoms with Gasteiger partial charge in [-0.05, 0) is 81.1 Å². The maximum atomic E-state index is 13.2. The summed E-state index contributed by atoms with van der Waals surface area (Å²) in [5.74, 6) is -0.400. The molecule has 9 heteroatoms. The van der Waals surface area contributed by atoms with Crippen LogP contribution in [0.15, 0.2) is 46.3 Å². The molecule has 0 radical (unpaired) electrons. The third kappa shape index (κ3) is 7.16. The molecule has 3 aromatic rings. The predicted molar refractivity (Wildman–Crippen MR) is 151 cm³/mol. The number of thiazole rings is 1. The van der Waals surface area contributed by atoms with E-state index in [1.165, 1.54) is 34.6 Å². The molecule has 0 fully saturated rings. The molecule has 0 aliphatic rings. The lowest BCUT2D eigenvalue weighted by molar-refractivity contribution is 0.0996. The fourth-order valence-corrected chi connectivity index (χ4v) is 6.67. The Hall–Kier alpha value is -2.33. The highest BCUT2D eigenvalue weighted by Gasteiger charge is 2.23. The molecule has 0 saturated carbocycles. The molecular weight excluding hydrogens is 506 g/mol. The maximum absolute atomic E-state index is 13.2. The van der Waals surface area contributed by atoms with Crippen LogP contribution >= 0.6 is 11.3 Å². The summed E-state index contributed by atoms with van der Waals surface area (Å²) >= 11 is 1.47. The molecular formula is C28H39N3O4S2. The lowest BCUT2D eigenvalue weighted by Crippen LogP contribution is -2.33. The van der Waals surface area contributed by atoms with E-state index < -0.39 is 15.9 Å². The van der Waals surface area contributed by atoms with E-state index in [1.54, 1.807) is 16.4 Å². The fraction of sp³-hybridized carbons (Fsp3) is 0.500. The van der Waals surface area contributed by atoms with Crippen molar-refractivity contribution < 1.29 is 17.9 Å². The number of amides is 1. The summed E-state index contributed by atoms with van der Waals surface area (Å²) in [6, 6.07) is 10.4. The van der Waals surface area contributed by atoms with Gasteiger partial charge in [0, 0.05) is 31.8 Å². The van der Waals surface area contributed by atoms with Gasteiger partial charge in [0.05, 0.1) is 21.7 Å². The molecule has 0 aliphatic heterocycles. The van der Waals surface area contributed by atoms with Gasteiger partial charge in [0.1, 0.15) is 0 Å². The second kappa shape index (κ2) is 13.5. The number of unbranched alkanes of at least 4 members (excludes halogenated alkanes) is 2. The van der Waals surface area contributed by atoms with Crippen LogP contribution in [0.4, 0.5) is 0 Å².